The maximum atomic E-state index is 13.5. The van der Waals surface area contributed by atoms with Gasteiger partial charge in [-0.3, -0.25) is 10.1 Å². The Bertz CT molecular complexity index is 615. The molecule has 0 fully saturated rings. The minimum Gasteiger partial charge on any atom is -0.377 e. The number of thiazole rings is 1. The minimum atomic E-state index is -0.850. The summed E-state index contributed by atoms with van der Waals surface area (Å²) in [5.41, 5.74) is 0.824. The van der Waals surface area contributed by atoms with Crippen LogP contribution in [-0.4, -0.2) is 9.91 Å². The molecule has 0 aliphatic rings. The maximum Gasteiger partial charge on any atom is 0.304 e. The number of rotatable bonds is 4. The molecular formula is C12H12FN3O2S. The predicted octanol–water partition coefficient (Wildman–Crippen LogP) is 3.67. The van der Waals surface area contributed by atoms with Crippen LogP contribution in [0.15, 0.2) is 23.6 Å². The molecule has 1 N–H and O–H groups in total. The van der Waals surface area contributed by atoms with Gasteiger partial charge in [-0.15, -0.1) is 11.3 Å². The molecule has 0 radical (unpaired) electrons. The molecule has 7 heteroatoms. The van der Waals surface area contributed by atoms with Crippen molar-refractivity contribution in [2.45, 2.75) is 19.9 Å². The molecule has 100 valence electrons. The summed E-state index contributed by atoms with van der Waals surface area (Å²) in [4.78, 5) is 14.1. The Kier molecular flexibility index (Phi) is 3.75. The van der Waals surface area contributed by atoms with Crippen molar-refractivity contribution in [3.8, 4) is 0 Å². The zero-order valence-corrected chi connectivity index (χ0v) is 11.2. The predicted molar refractivity (Wildman–Crippen MR) is 71.9 cm³/mol. The Morgan fingerprint density at radius 1 is 1.53 bits per heavy atom. The number of hydrogen-bond donors (Lipinski definition) is 1. The minimum absolute atomic E-state index is 0.0918. The zero-order chi connectivity index (χ0) is 14.0. The van der Waals surface area contributed by atoms with E-state index in [2.05, 4.69) is 10.3 Å². The fourth-order valence-electron chi connectivity index (χ4n) is 1.65. The molecule has 2 aromatic rings. The highest BCUT2D eigenvalue weighted by Gasteiger charge is 2.15. The highest BCUT2D eigenvalue weighted by molar-refractivity contribution is 7.09. The van der Waals surface area contributed by atoms with Crippen LogP contribution in [0.25, 0.3) is 0 Å². The third kappa shape index (κ3) is 3.05. The first-order valence-corrected chi connectivity index (χ1v) is 6.48. The number of anilines is 1. The highest BCUT2D eigenvalue weighted by atomic mass is 32.1. The lowest BCUT2D eigenvalue weighted by Crippen LogP contribution is -2.07. The van der Waals surface area contributed by atoms with Crippen molar-refractivity contribution in [3.05, 3.63) is 50.2 Å². The molecule has 1 aromatic heterocycles. The summed E-state index contributed by atoms with van der Waals surface area (Å²) in [6.07, 6.45) is 0. The van der Waals surface area contributed by atoms with Crippen LogP contribution >= 0.6 is 11.3 Å². The Balaban J connectivity index is 2.15. The Morgan fingerprint density at radius 3 is 2.79 bits per heavy atom. The van der Waals surface area contributed by atoms with Crippen LogP contribution in [0.3, 0.4) is 0 Å². The van der Waals surface area contributed by atoms with Crippen molar-refractivity contribution in [1.82, 2.24) is 4.98 Å². The first-order chi connectivity index (χ1) is 8.97. The number of benzene rings is 1. The summed E-state index contributed by atoms with van der Waals surface area (Å²) in [5.74, 6) is -0.850. The van der Waals surface area contributed by atoms with E-state index in [1.54, 1.807) is 0 Å². The molecule has 1 heterocycles. The van der Waals surface area contributed by atoms with E-state index in [1.165, 1.54) is 17.4 Å². The molecule has 0 aliphatic heterocycles. The van der Waals surface area contributed by atoms with E-state index in [9.17, 15) is 14.5 Å². The van der Waals surface area contributed by atoms with Gasteiger partial charge in [0.05, 0.1) is 21.7 Å². The SMILES string of the molecule is Cc1nc(C(C)Nc2ccc([N+](=O)[O-])c(F)c2)cs1. The average molecular weight is 281 g/mol. The average Bonchev–Trinajstić information content (AvgIpc) is 2.75. The molecule has 0 saturated carbocycles. The lowest BCUT2D eigenvalue weighted by atomic mass is 10.2. The summed E-state index contributed by atoms with van der Waals surface area (Å²) in [6, 6.07) is 3.66. The van der Waals surface area contributed by atoms with Gasteiger partial charge >= 0.3 is 5.69 Å². The van der Waals surface area contributed by atoms with Crippen molar-refractivity contribution in [2.24, 2.45) is 0 Å². The molecule has 19 heavy (non-hydrogen) atoms. The molecule has 0 saturated heterocycles. The number of hydrogen-bond acceptors (Lipinski definition) is 5. The van der Waals surface area contributed by atoms with E-state index >= 15 is 0 Å². The molecule has 0 spiro atoms. The van der Waals surface area contributed by atoms with Gasteiger partial charge in [0, 0.05) is 23.2 Å². The Hall–Kier alpha value is -2.02. The first kappa shape index (κ1) is 13.4. The van der Waals surface area contributed by atoms with Crippen molar-refractivity contribution in [3.63, 3.8) is 0 Å². The summed E-state index contributed by atoms with van der Waals surface area (Å²) >= 11 is 1.54. The molecule has 1 atom stereocenters. The van der Waals surface area contributed by atoms with Crippen molar-refractivity contribution in [2.75, 3.05) is 5.32 Å². The fraction of sp³-hybridized carbons (Fsp3) is 0.250. The molecule has 0 amide bonds. The van der Waals surface area contributed by atoms with Crippen molar-refractivity contribution in [1.29, 1.82) is 0 Å². The Labute approximate surface area is 113 Å². The van der Waals surface area contributed by atoms with Gasteiger partial charge in [-0.25, -0.2) is 4.98 Å². The monoisotopic (exact) mass is 281 g/mol. The third-order valence-electron chi connectivity index (χ3n) is 2.61. The van der Waals surface area contributed by atoms with Crippen LogP contribution in [0.2, 0.25) is 0 Å². The molecule has 1 aromatic carbocycles. The highest BCUT2D eigenvalue weighted by Crippen LogP contribution is 2.25. The van der Waals surface area contributed by atoms with E-state index in [4.69, 9.17) is 0 Å². The van der Waals surface area contributed by atoms with Crippen LogP contribution in [0, 0.1) is 22.9 Å². The largest absolute Gasteiger partial charge is 0.377 e. The van der Waals surface area contributed by atoms with E-state index in [-0.39, 0.29) is 6.04 Å². The number of aryl methyl sites for hydroxylation is 1. The van der Waals surface area contributed by atoms with E-state index in [1.807, 2.05) is 19.2 Å². The van der Waals surface area contributed by atoms with Crippen LogP contribution in [0.1, 0.15) is 23.7 Å². The second kappa shape index (κ2) is 5.31. The van der Waals surface area contributed by atoms with Crippen molar-refractivity contribution >= 4 is 22.7 Å². The standard InChI is InChI=1S/C12H12FN3O2S/c1-7(11-6-19-8(2)15-11)14-9-3-4-12(16(17)18)10(13)5-9/h3-7,14H,1-2H3. The number of nitro groups is 1. The van der Waals surface area contributed by atoms with Gasteiger partial charge in [0.25, 0.3) is 0 Å². The summed E-state index contributed by atoms with van der Waals surface area (Å²) in [6.45, 7) is 3.81. The summed E-state index contributed by atoms with van der Waals surface area (Å²) < 4.78 is 13.5. The molecular weight excluding hydrogens is 269 g/mol. The van der Waals surface area contributed by atoms with E-state index in [0.717, 1.165) is 22.8 Å². The summed E-state index contributed by atoms with van der Waals surface area (Å²) in [7, 11) is 0. The topological polar surface area (TPSA) is 68.1 Å². The van der Waals surface area contributed by atoms with Gasteiger partial charge in [0.2, 0.25) is 5.82 Å². The van der Waals surface area contributed by atoms with Crippen LogP contribution in [0.5, 0.6) is 0 Å². The van der Waals surface area contributed by atoms with Gasteiger partial charge in [-0.1, -0.05) is 0 Å². The first-order valence-electron chi connectivity index (χ1n) is 5.60. The molecule has 2 rings (SSSR count). The molecule has 5 nitrogen and oxygen atoms in total. The van der Waals surface area contributed by atoms with Gasteiger partial charge < -0.3 is 5.32 Å². The number of aromatic nitrogens is 1. The van der Waals surface area contributed by atoms with E-state index < -0.39 is 16.4 Å². The number of halogens is 1. The fourth-order valence-corrected chi connectivity index (χ4v) is 2.35. The van der Waals surface area contributed by atoms with Gasteiger partial charge in [-0.2, -0.15) is 4.39 Å². The normalized spacial score (nSPS) is 12.2. The number of nitrogens with one attached hydrogen (secondary N) is 1. The third-order valence-corrected chi connectivity index (χ3v) is 3.40. The van der Waals surface area contributed by atoms with Crippen LogP contribution in [0.4, 0.5) is 15.8 Å². The number of nitrogens with zero attached hydrogens (tertiary/aromatic N) is 2. The quantitative estimate of drug-likeness (QED) is 0.685. The lowest BCUT2D eigenvalue weighted by molar-refractivity contribution is -0.387. The number of nitro benzene ring substituents is 1. The smallest absolute Gasteiger partial charge is 0.304 e. The Morgan fingerprint density at radius 2 is 2.26 bits per heavy atom. The van der Waals surface area contributed by atoms with Crippen LogP contribution in [-0.2, 0) is 0 Å². The lowest BCUT2D eigenvalue weighted by Gasteiger charge is -2.13. The second-order valence-corrected chi connectivity index (χ2v) is 5.14. The van der Waals surface area contributed by atoms with Gasteiger partial charge in [0.15, 0.2) is 0 Å². The second-order valence-electron chi connectivity index (χ2n) is 4.08. The molecule has 0 bridgehead atoms. The van der Waals surface area contributed by atoms with Crippen molar-refractivity contribution < 1.29 is 9.31 Å². The van der Waals surface area contributed by atoms with E-state index in [0.29, 0.717) is 5.69 Å². The van der Waals surface area contributed by atoms with Gasteiger partial charge in [0.1, 0.15) is 0 Å². The molecule has 0 aliphatic carbocycles. The van der Waals surface area contributed by atoms with Gasteiger partial charge in [-0.05, 0) is 19.9 Å². The maximum absolute atomic E-state index is 13.5. The molecule has 1 unspecified atom stereocenters. The summed E-state index contributed by atoms with van der Waals surface area (Å²) in [5, 5.41) is 16.5. The zero-order valence-electron chi connectivity index (χ0n) is 10.4. The van der Waals surface area contributed by atoms with Crippen LogP contribution < -0.4 is 5.32 Å².